The molecule has 0 aliphatic carbocycles. The maximum absolute atomic E-state index is 2.52. The van der Waals surface area contributed by atoms with Crippen LogP contribution in [0.25, 0.3) is 0 Å². The van der Waals surface area contributed by atoms with Crippen LogP contribution in [0.1, 0.15) is 0 Å². The van der Waals surface area contributed by atoms with E-state index in [1.807, 2.05) is 0 Å². The SMILES string of the molecule is C[SiH](c1ccccc1)[Si](C)(C)c1ccccc1. The van der Waals surface area contributed by atoms with Crippen molar-refractivity contribution in [3.8, 4) is 0 Å². The largest absolute Gasteiger partial charge is 0.0756 e. The molecule has 0 saturated heterocycles. The molecular formula is C15H20Si2. The Kier molecular flexibility index (Phi) is 3.64. The Morgan fingerprint density at radius 2 is 1.24 bits per heavy atom. The van der Waals surface area contributed by atoms with Crippen LogP contribution in [0.3, 0.4) is 0 Å². The minimum atomic E-state index is -1.28. The molecular weight excluding hydrogens is 236 g/mol. The predicted molar refractivity (Wildman–Crippen MR) is 82.6 cm³/mol. The number of rotatable bonds is 3. The molecule has 0 N–H and O–H groups in total. The Morgan fingerprint density at radius 3 is 1.76 bits per heavy atom. The Balaban J connectivity index is 2.33. The maximum Gasteiger partial charge on any atom is 0.0756 e. The second-order valence-electron chi connectivity index (χ2n) is 5.22. The van der Waals surface area contributed by atoms with Gasteiger partial charge in [-0.3, -0.25) is 0 Å². The van der Waals surface area contributed by atoms with Crippen LogP contribution in [-0.4, -0.2) is 15.9 Å². The van der Waals surface area contributed by atoms with Crippen molar-refractivity contribution in [2.45, 2.75) is 19.6 Å². The first-order valence-corrected chi connectivity index (χ1v) is 12.8. The van der Waals surface area contributed by atoms with Crippen LogP contribution < -0.4 is 10.4 Å². The first-order chi connectivity index (χ1) is 8.12. The zero-order chi connectivity index (χ0) is 12.3. The fourth-order valence-corrected chi connectivity index (χ4v) is 10.6. The summed E-state index contributed by atoms with van der Waals surface area (Å²) in [5, 5.41) is 3.20. The van der Waals surface area contributed by atoms with E-state index in [0.717, 1.165) is 0 Å². The van der Waals surface area contributed by atoms with Gasteiger partial charge in [0.15, 0.2) is 0 Å². The maximum atomic E-state index is 2.52. The van der Waals surface area contributed by atoms with E-state index < -0.39 is 15.9 Å². The summed E-state index contributed by atoms with van der Waals surface area (Å²) >= 11 is 0. The van der Waals surface area contributed by atoms with Crippen LogP contribution in [0.15, 0.2) is 60.7 Å². The summed E-state index contributed by atoms with van der Waals surface area (Å²) in [7, 11) is -2.14. The third kappa shape index (κ3) is 2.59. The van der Waals surface area contributed by atoms with Gasteiger partial charge in [-0.1, -0.05) is 90.7 Å². The van der Waals surface area contributed by atoms with Gasteiger partial charge in [0.25, 0.3) is 0 Å². The van der Waals surface area contributed by atoms with Gasteiger partial charge in [-0.25, -0.2) is 0 Å². The van der Waals surface area contributed by atoms with Gasteiger partial charge in [-0.15, -0.1) is 0 Å². The monoisotopic (exact) mass is 256 g/mol. The fourth-order valence-electron chi connectivity index (χ4n) is 2.28. The van der Waals surface area contributed by atoms with Gasteiger partial charge in [-0.2, -0.15) is 0 Å². The normalized spacial score (nSPS) is 13.4. The van der Waals surface area contributed by atoms with E-state index in [1.165, 1.54) is 0 Å². The molecule has 2 heteroatoms. The lowest BCUT2D eigenvalue weighted by atomic mass is 10.4. The molecule has 2 aromatic rings. The third-order valence-corrected chi connectivity index (χ3v) is 17.8. The first kappa shape index (κ1) is 12.3. The summed E-state index contributed by atoms with van der Waals surface area (Å²) in [6.07, 6.45) is 0. The highest BCUT2D eigenvalue weighted by Crippen LogP contribution is 2.08. The first-order valence-electron chi connectivity index (χ1n) is 6.23. The lowest BCUT2D eigenvalue weighted by Gasteiger charge is -2.29. The molecule has 88 valence electrons. The van der Waals surface area contributed by atoms with Crippen LogP contribution >= 0.6 is 0 Å². The average Bonchev–Trinajstić information content (AvgIpc) is 2.40. The molecule has 0 amide bonds. The molecule has 0 aliphatic heterocycles. The number of hydrogen-bond acceptors (Lipinski definition) is 0. The molecule has 17 heavy (non-hydrogen) atoms. The van der Waals surface area contributed by atoms with Crippen LogP contribution in [0, 0.1) is 0 Å². The summed E-state index contributed by atoms with van der Waals surface area (Å²) in [5.41, 5.74) is 0. The molecule has 0 spiro atoms. The second kappa shape index (κ2) is 5.02. The molecule has 0 aliphatic rings. The summed E-state index contributed by atoms with van der Waals surface area (Å²) < 4.78 is 0. The van der Waals surface area contributed by atoms with Gasteiger partial charge >= 0.3 is 0 Å². The topological polar surface area (TPSA) is 0 Å². The van der Waals surface area contributed by atoms with Crippen LogP contribution in [0.5, 0.6) is 0 Å². The van der Waals surface area contributed by atoms with Crippen LogP contribution in [0.2, 0.25) is 19.6 Å². The molecule has 2 rings (SSSR count). The van der Waals surface area contributed by atoms with Gasteiger partial charge in [0.1, 0.15) is 0 Å². The summed E-state index contributed by atoms with van der Waals surface area (Å²) in [6.45, 7) is 7.55. The van der Waals surface area contributed by atoms with E-state index in [2.05, 4.69) is 80.3 Å². The molecule has 1 atom stereocenters. The van der Waals surface area contributed by atoms with E-state index in [-0.39, 0.29) is 0 Å². The molecule has 0 radical (unpaired) electrons. The Hall–Kier alpha value is -1.13. The van der Waals surface area contributed by atoms with Crippen LogP contribution in [-0.2, 0) is 0 Å². The van der Waals surface area contributed by atoms with E-state index in [1.54, 1.807) is 10.4 Å². The zero-order valence-corrected chi connectivity index (χ0v) is 13.0. The molecule has 0 fully saturated rings. The van der Waals surface area contributed by atoms with Crippen molar-refractivity contribution >= 4 is 26.3 Å². The molecule has 2 aromatic carbocycles. The smallest absolute Gasteiger partial charge is 0.0696 e. The average molecular weight is 256 g/mol. The van der Waals surface area contributed by atoms with Gasteiger partial charge < -0.3 is 0 Å². The van der Waals surface area contributed by atoms with Crippen molar-refractivity contribution in [2.75, 3.05) is 0 Å². The van der Waals surface area contributed by atoms with Crippen molar-refractivity contribution < 1.29 is 0 Å². The van der Waals surface area contributed by atoms with Crippen molar-refractivity contribution in [1.82, 2.24) is 0 Å². The molecule has 0 bridgehead atoms. The predicted octanol–water partition coefficient (Wildman–Crippen LogP) is 2.44. The van der Waals surface area contributed by atoms with E-state index in [4.69, 9.17) is 0 Å². The van der Waals surface area contributed by atoms with Gasteiger partial charge in [0, 0.05) is 0 Å². The highest BCUT2D eigenvalue weighted by Gasteiger charge is 2.32. The van der Waals surface area contributed by atoms with Crippen molar-refractivity contribution in [2.24, 2.45) is 0 Å². The number of benzene rings is 2. The standard InChI is InChI=1S/C15H20Si2/c1-16(14-10-6-4-7-11-14)17(2,3)15-12-8-5-9-13-15/h4-13,16H,1-3H3. The third-order valence-electron chi connectivity index (χ3n) is 3.90. The van der Waals surface area contributed by atoms with Gasteiger partial charge in [0.2, 0.25) is 0 Å². The van der Waals surface area contributed by atoms with E-state index in [9.17, 15) is 0 Å². The Labute approximate surface area is 107 Å². The van der Waals surface area contributed by atoms with Crippen LogP contribution in [0.4, 0.5) is 0 Å². The summed E-state index contributed by atoms with van der Waals surface area (Å²) in [6, 6.07) is 22.2. The summed E-state index contributed by atoms with van der Waals surface area (Å²) in [5.74, 6) is 0. The second-order valence-corrected chi connectivity index (χ2v) is 18.3. The van der Waals surface area contributed by atoms with Crippen molar-refractivity contribution in [3.05, 3.63) is 60.7 Å². The van der Waals surface area contributed by atoms with Crippen molar-refractivity contribution in [1.29, 1.82) is 0 Å². The molecule has 0 saturated carbocycles. The van der Waals surface area contributed by atoms with E-state index >= 15 is 0 Å². The Morgan fingerprint density at radius 1 is 0.765 bits per heavy atom. The lowest BCUT2D eigenvalue weighted by molar-refractivity contribution is 1.71. The summed E-state index contributed by atoms with van der Waals surface area (Å²) in [4.78, 5) is 0. The minimum Gasteiger partial charge on any atom is -0.0696 e. The lowest BCUT2D eigenvalue weighted by Crippen LogP contribution is -2.59. The van der Waals surface area contributed by atoms with Gasteiger partial charge in [-0.05, 0) is 0 Å². The minimum absolute atomic E-state index is 0.857. The zero-order valence-electron chi connectivity index (χ0n) is 10.9. The fraction of sp³-hybridized carbons (Fsp3) is 0.200. The van der Waals surface area contributed by atoms with Crippen molar-refractivity contribution in [3.63, 3.8) is 0 Å². The molecule has 1 unspecified atom stereocenters. The highest BCUT2D eigenvalue weighted by molar-refractivity contribution is 7.41. The van der Waals surface area contributed by atoms with Gasteiger partial charge in [0.05, 0.1) is 15.9 Å². The molecule has 0 aromatic heterocycles. The highest BCUT2D eigenvalue weighted by atomic mass is 29.2. The number of hydrogen-bond donors (Lipinski definition) is 0. The molecule has 0 nitrogen and oxygen atoms in total. The van der Waals surface area contributed by atoms with E-state index in [0.29, 0.717) is 0 Å². The Bertz CT molecular complexity index is 463. The molecule has 0 heterocycles. The quantitative estimate of drug-likeness (QED) is 0.740.